The minimum Gasteiger partial charge on any atom is -0.494 e. The summed E-state index contributed by atoms with van der Waals surface area (Å²) in [5.41, 5.74) is -0.663. The number of nitro groups is 1. The summed E-state index contributed by atoms with van der Waals surface area (Å²) in [5.74, 6) is 1.11. The lowest BCUT2D eigenvalue weighted by Crippen LogP contribution is -2.38. The zero-order chi connectivity index (χ0) is 20.5. The number of non-ortho nitro benzene ring substituents is 1. The number of hydrogen-bond donors (Lipinski definition) is 2. The van der Waals surface area contributed by atoms with Gasteiger partial charge in [-0.2, -0.15) is 0 Å². The standard InChI is InChI=1S/C18H25N5O5/c1-21-16(13-17(24)22(2)18(21)25)20-11-10-19-9-3-4-12-28-15-7-5-14(6-8-15)23(26)27/h5-8,13,19-20H,3-4,9-12H2,1-2H3. The van der Waals surface area contributed by atoms with Crippen LogP contribution in [-0.2, 0) is 14.1 Å². The highest BCUT2D eigenvalue weighted by atomic mass is 16.6. The van der Waals surface area contributed by atoms with Crippen molar-refractivity contribution in [3.05, 3.63) is 61.3 Å². The average Bonchev–Trinajstić information content (AvgIpc) is 2.69. The number of nitrogens with one attached hydrogen (secondary N) is 2. The van der Waals surface area contributed by atoms with Gasteiger partial charge in [-0.25, -0.2) is 4.79 Å². The van der Waals surface area contributed by atoms with Crippen molar-refractivity contribution in [3.8, 4) is 5.75 Å². The normalized spacial score (nSPS) is 10.6. The number of rotatable bonds is 11. The van der Waals surface area contributed by atoms with Crippen LogP contribution in [0.3, 0.4) is 0 Å². The highest BCUT2D eigenvalue weighted by molar-refractivity contribution is 5.36. The van der Waals surface area contributed by atoms with Gasteiger partial charge in [0.15, 0.2) is 0 Å². The van der Waals surface area contributed by atoms with Gasteiger partial charge in [-0.05, 0) is 31.5 Å². The Balaban J connectivity index is 1.57. The largest absolute Gasteiger partial charge is 0.494 e. The Morgan fingerprint density at radius 1 is 1.04 bits per heavy atom. The summed E-state index contributed by atoms with van der Waals surface area (Å²) < 4.78 is 8.00. The molecule has 1 aromatic carbocycles. The lowest BCUT2D eigenvalue weighted by Gasteiger charge is -2.12. The predicted octanol–water partition coefficient (Wildman–Crippen LogP) is 0.853. The van der Waals surface area contributed by atoms with E-state index in [0.29, 0.717) is 31.3 Å². The third-order valence-corrected chi connectivity index (χ3v) is 4.20. The van der Waals surface area contributed by atoms with Crippen LogP contribution in [0.25, 0.3) is 0 Å². The second-order valence-corrected chi connectivity index (χ2v) is 6.25. The predicted molar refractivity (Wildman–Crippen MR) is 106 cm³/mol. The lowest BCUT2D eigenvalue weighted by molar-refractivity contribution is -0.384. The van der Waals surface area contributed by atoms with Crippen molar-refractivity contribution in [3.63, 3.8) is 0 Å². The van der Waals surface area contributed by atoms with Crippen molar-refractivity contribution < 1.29 is 9.66 Å². The van der Waals surface area contributed by atoms with E-state index >= 15 is 0 Å². The number of hydrogen-bond acceptors (Lipinski definition) is 7. The SMILES string of the molecule is Cn1c(NCCNCCCCOc2ccc([N+](=O)[O-])cc2)cc(=O)n(C)c1=O. The molecule has 0 bridgehead atoms. The van der Waals surface area contributed by atoms with E-state index in [9.17, 15) is 19.7 Å². The quantitative estimate of drug-likeness (QED) is 0.331. The first-order valence-corrected chi connectivity index (χ1v) is 8.99. The molecule has 2 rings (SSSR count). The van der Waals surface area contributed by atoms with Crippen molar-refractivity contribution in [1.29, 1.82) is 0 Å². The molecule has 10 nitrogen and oxygen atoms in total. The molecule has 1 heterocycles. The zero-order valence-electron chi connectivity index (χ0n) is 16.0. The Morgan fingerprint density at radius 3 is 2.43 bits per heavy atom. The van der Waals surface area contributed by atoms with Gasteiger partial charge in [0.1, 0.15) is 11.6 Å². The third kappa shape index (κ3) is 5.95. The number of anilines is 1. The van der Waals surface area contributed by atoms with Crippen LogP contribution in [0.4, 0.5) is 11.5 Å². The second-order valence-electron chi connectivity index (χ2n) is 6.25. The summed E-state index contributed by atoms with van der Waals surface area (Å²) >= 11 is 0. The smallest absolute Gasteiger partial charge is 0.332 e. The summed E-state index contributed by atoms with van der Waals surface area (Å²) in [6, 6.07) is 7.42. The van der Waals surface area contributed by atoms with Gasteiger partial charge >= 0.3 is 5.69 Å². The molecule has 2 N–H and O–H groups in total. The molecule has 0 spiro atoms. The molecule has 0 aliphatic carbocycles. The number of nitro benzene ring substituents is 1. The molecule has 0 saturated carbocycles. The lowest BCUT2D eigenvalue weighted by atomic mass is 10.3. The Hall–Kier alpha value is -3.14. The Labute approximate surface area is 161 Å². The van der Waals surface area contributed by atoms with Crippen LogP contribution >= 0.6 is 0 Å². The van der Waals surface area contributed by atoms with Crippen LogP contribution < -0.4 is 26.6 Å². The van der Waals surface area contributed by atoms with Gasteiger partial charge in [0.05, 0.1) is 11.5 Å². The molecule has 1 aromatic heterocycles. The fourth-order valence-electron chi connectivity index (χ4n) is 2.51. The van der Waals surface area contributed by atoms with E-state index in [2.05, 4.69) is 10.6 Å². The number of ether oxygens (including phenoxy) is 1. The third-order valence-electron chi connectivity index (χ3n) is 4.20. The molecule has 28 heavy (non-hydrogen) atoms. The van der Waals surface area contributed by atoms with E-state index in [1.165, 1.54) is 29.8 Å². The topological polar surface area (TPSA) is 120 Å². The summed E-state index contributed by atoms with van der Waals surface area (Å²) in [6.45, 7) is 2.61. The first kappa shape index (κ1) is 21.2. The van der Waals surface area contributed by atoms with Crippen molar-refractivity contribution in [2.24, 2.45) is 14.1 Å². The van der Waals surface area contributed by atoms with Gasteiger partial charge in [-0.1, -0.05) is 0 Å². The highest BCUT2D eigenvalue weighted by Gasteiger charge is 2.05. The average molecular weight is 391 g/mol. The van der Waals surface area contributed by atoms with Crippen molar-refractivity contribution in [1.82, 2.24) is 14.5 Å². The Morgan fingerprint density at radius 2 is 1.75 bits per heavy atom. The van der Waals surface area contributed by atoms with Crippen LogP contribution in [0.1, 0.15) is 12.8 Å². The second kappa shape index (κ2) is 10.3. The minimum absolute atomic E-state index is 0.0427. The first-order valence-electron chi connectivity index (χ1n) is 8.99. The molecule has 0 saturated heterocycles. The van der Waals surface area contributed by atoms with Gasteiger partial charge in [0.2, 0.25) is 0 Å². The van der Waals surface area contributed by atoms with E-state index in [1.54, 1.807) is 19.2 Å². The molecule has 0 aliphatic rings. The van der Waals surface area contributed by atoms with Crippen LogP contribution in [0.15, 0.2) is 39.9 Å². The molecule has 0 radical (unpaired) electrons. The number of benzene rings is 1. The van der Waals surface area contributed by atoms with Crippen molar-refractivity contribution >= 4 is 11.5 Å². The van der Waals surface area contributed by atoms with E-state index in [4.69, 9.17) is 4.74 Å². The molecule has 2 aromatic rings. The van der Waals surface area contributed by atoms with E-state index in [1.807, 2.05) is 0 Å². The van der Waals surface area contributed by atoms with Gasteiger partial charge in [0.25, 0.3) is 11.2 Å². The number of unbranched alkanes of at least 4 members (excludes halogenated alkanes) is 1. The highest BCUT2D eigenvalue weighted by Crippen LogP contribution is 2.17. The fourth-order valence-corrected chi connectivity index (χ4v) is 2.51. The molecule has 152 valence electrons. The van der Waals surface area contributed by atoms with E-state index in [-0.39, 0.29) is 16.9 Å². The molecule has 0 amide bonds. The van der Waals surface area contributed by atoms with Crippen LogP contribution in [0.2, 0.25) is 0 Å². The van der Waals surface area contributed by atoms with Gasteiger partial charge in [0, 0.05) is 45.4 Å². The molecular weight excluding hydrogens is 366 g/mol. The summed E-state index contributed by atoms with van der Waals surface area (Å²) in [4.78, 5) is 33.6. The monoisotopic (exact) mass is 391 g/mol. The van der Waals surface area contributed by atoms with Crippen molar-refractivity contribution in [2.45, 2.75) is 12.8 Å². The van der Waals surface area contributed by atoms with E-state index < -0.39 is 4.92 Å². The summed E-state index contributed by atoms with van der Waals surface area (Å²) in [6.07, 6.45) is 1.76. The summed E-state index contributed by atoms with van der Waals surface area (Å²) in [7, 11) is 3.06. The molecule has 0 atom stereocenters. The van der Waals surface area contributed by atoms with E-state index in [0.717, 1.165) is 24.0 Å². The maximum absolute atomic E-state index is 11.8. The molecular formula is C18H25N5O5. The molecule has 10 heteroatoms. The van der Waals surface area contributed by atoms with Crippen LogP contribution in [-0.4, -0.2) is 40.3 Å². The number of aromatic nitrogens is 2. The maximum atomic E-state index is 11.8. The van der Waals surface area contributed by atoms with Gasteiger partial charge in [-0.3, -0.25) is 24.0 Å². The van der Waals surface area contributed by atoms with Crippen LogP contribution in [0, 0.1) is 10.1 Å². The molecule has 0 fully saturated rings. The zero-order valence-corrected chi connectivity index (χ0v) is 16.0. The fraction of sp³-hybridized carbons (Fsp3) is 0.444. The minimum atomic E-state index is -0.443. The van der Waals surface area contributed by atoms with Crippen molar-refractivity contribution in [2.75, 3.05) is 31.6 Å². The Bertz CT molecular complexity index is 904. The van der Waals surface area contributed by atoms with Gasteiger partial charge < -0.3 is 15.4 Å². The molecule has 0 unspecified atom stereocenters. The molecule has 0 aliphatic heterocycles. The maximum Gasteiger partial charge on any atom is 0.332 e. The van der Waals surface area contributed by atoms with Gasteiger partial charge in [-0.15, -0.1) is 0 Å². The number of nitrogens with zero attached hydrogens (tertiary/aromatic N) is 3. The Kier molecular flexibility index (Phi) is 7.76. The first-order chi connectivity index (χ1) is 13.4. The summed E-state index contributed by atoms with van der Waals surface area (Å²) in [5, 5.41) is 16.9. The van der Waals surface area contributed by atoms with Crippen LogP contribution in [0.5, 0.6) is 5.75 Å².